The molecule has 0 fully saturated rings. The van der Waals surface area contributed by atoms with Gasteiger partial charge in [-0.05, 0) is 20.8 Å². The summed E-state index contributed by atoms with van der Waals surface area (Å²) in [5.41, 5.74) is 3.01. The zero-order valence-corrected chi connectivity index (χ0v) is 9.41. The van der Waals surface area contributed by atoms with E-state index in [1.54, 1.807) is 0 Å². The summed E-state index contributed by atoms with van der Waals surface area (Å²) in [7, 11) is -1.24. The smallest absolute Gasteiger partial charge is 0.133 e. The van der Waals surface area contributed by atoms with E-state index in [0.29, 0.717) is 0 Å². The van der Waals surface area contributed by atoms with Gasteiger partial charge in [0.05, 0.1) is 0 Å². The lowest BCUT2D eigenvalue weighted by atomic mass is 10.2. The fourth-order valence-corrected chi connectivity index (χ4v) is 0.689. The highest BCUT2D eigenvalue weighted by Gasteiger charge is 2.11. The summed E-state index contributed by atoms with van der Waals surface area (Å²) in [6, 6.07) is 0. The third-order valence-electron chi connectivity index (χ3n) is 0.783. The molecule has 0 aliphatic carbocycles. The minimum Gasteiger partial charge on any atom is -0.441 e. The van der Waals surface area contributed by atoms with Crippen LogP contribution in [-0.4, -0.2) is 13.7 Å². The summed E-state index contributed by atoms with van der Waals surface area (Å²) in [6.07, 6.45) is 2.78. The van der Waals surface area contributed by atoms with Gasteiger partial charge in [0.15, 0.2) is 0 Å². The molecule has 64 valence electrons. The highest BCUT2D eigenvalue weighted by Crippen LogP contribution is 2.05. The lowest BCUT2D eigenvalue weighted by Gasteiger charge is -2.15. The van der Waals surface area contributed by atoms with Crippen LogP contribution in [0.3, 0.4) is 0 Å². The summed E-state index contributed by atoms with van der Waals surface area (Å²) in [6.45, 7) is 12.6. The number of ether oxygens (including phenoxy) is 1. The topological polar surface area (TPSA) is 9.23 Å². The molecule has 0 aliphatic rings. The molecule has 0 atom stereocenters. The van der Waals surface area contributed by atoms with Gasteiger partial charge in [-0.25, -0.2) is 0 Å². The molecule has 0 heterocycles. The fraction of sp³-hybridized carbons (Fsp3) is 0.778. The molecule has 2 heteroatoms. The summed E-state index contributed by atoms with van der Waals surface area (Å²) in [5.74, 6) is 0. The van der Waals surface area contributed by atoms with Crippen LogP contribution in [0.5, 0.6) is 0 Å². The molecular formula is C9H18OSi. The molecule has 0 aromatic rings. The zero-order chi connectivity index (χ0) is 9.12. The van der Waals surface area contributed by atoms with E-state index in [2.05, 4.69) is 31.3 Å². The molecule has 0 aromatic carbocycles. The van der Waals surface area contributed by atoms with Gasteiger partial charge >= 0.3 is 0 Å². The summed E-state index contributed by atoms with van der Waals surface area (Å²) in [5, 5.41) is 0. The lowest BCUT2D eigenvalue weighted by Crippen LogP contribution is -2.19. The van der Waals surface area contributed by atoms with Crippen molar-refractivity contribution in [2.45, 2.75) is 46.0 Å². The van der Waals surface area contributed by atoms with E-state index < -0.39 is 8.07 Å². The Bertz CT molecular complexity index is 172. The molecule has 0 N–H and O–H groups in total. The Balaban J connectivity index is 3.94. The van der Waals surface area contributed by atoms with Gasteiger partial charge in [0.25, 0.3) is 0 Å². The third-order valence-corrected chi connectivity index (χ3v) is 1.64. The molecule has 0 bridgehead atoms. The lowest BCUT2D eigenvalue weighted by molar-refractivity contribution is 0.0964. The summed E-state index contributed by atoms with van der Waals surface area (Å²) >= 11 is 0. The molecule has 0 amide bonds. The number of hydrogen-bond donors (Lipinski definition) is 0. The molecule has 0 saturated heterocycles. The van der Waals surface area contributed by atoms with Crippen LogP contribution in [0.4, 0.5) is 0 Å². The standard InChI is InChI=1S/C9H18OSi/c1-9(2,3)10-7-8-11(4,5)6/h1-6H3. The minimum absolute atomic E-state index is 0.132. The average molecular weight is 170 g/mol. The van der Waals surface area contributed by atoms with Gasteiger partial charge in [-0.1, -0.05) is 25.2 Å². The van der Waals surface area contributed by atoms with Crippen LogP contribution in [-0.2, 0) is 4.74 Å². The van der Waals surface area contributed by atoms with E-state index in [9.17, 15) is 0 Å². The maximum Gasteiger partial charge on any atom is 0.133 e. The normalized spacial score (nSPS) is 11.8. The van der Waals surface area contributed by atoms with E-state index in [1.807, 2.05) is 20.8 Å². The quantitative estimate of drug-likeness (QED) is 0.401. The van der Waals surface area contributed by atoms with Crippen molar-refractivity contribution >= 4 is 8.07 Å². The molecule has 0 aliphatic heterocycles. The Morgan fingerprint density at radius 2 is 1.55 bits per heavy atom. The minimum atomic E-state index is -1.24. The average Bonchev–Trinajstić information content (AvgIpc) is 1.55. The van der Waals surface area contributed by atoms with Crippen molar-refractivity contribution in [3.8, 4) is 11.7 Å². The van der Waals surface area contributed by atoms with Crippen molar-refractivity contribution < 1.29 is 4.74 Å². The second-order valence-electron chi connectivity index (χ2n) is 4.69. The Morgan fingerprint density at radius 1 is 1.09 bits per heavy atom. The highest BCUT2D eigenvalue weighted by atomic mass is 28.3. The Kier molecular flexibility index (Phi) is 3.19. The molecule has 0 aromatic heterocycles. The van der Waals surface area contributed by atoms with Gasteiger partial charge in [-0.2, -0.15) is 0 Å². The van der Waals surface area contributed by atoms with Crippen molar-refractivity contribution in [3.05, 3.63) is 0 Å². The molecule has 11 heavy (non-hydrogen) atoms. The van der Waals surface area contributed by atoms with Crippen LogP contribution in [0.25, 0.3) is 0 Å². The van der Waals surface area contributed by atoms with E-state index in [4.69, 9.17) is 4.74 Å². The molecule has 0 rings (SSSR count). The van der Waals surface area contributed by atoms with Crippen LogP contribution in [0.2, 0.25) is 19.6 Å². The van der Waals surface area contributed by atoms with Gasteiger partial charge in [0.1, 0.15) is 19.8 Å². The molecular weight excluding hydrogens is 152 g/mol. The maximum absolute atomic E-state index is 5.28. The van der Waals surface area contributed by atoms with Crippen molar-refractivity contribution in [2.24, 2.45) is 0 Å². The van der Waals surface area contributed by atoms with Crippen LogP contribution >= 0.6 is 0 Å². The van der Waals surface area contributed by atoms with Gasteiger partial charge in [0, 0.05) is 0 Å². The summed E-state index contributed by atoms with van der Waals surface area (Å²) in [4.78, 5) is 0. The predicted octanol–water partition coefficient (Wildman–Crippen LogP) is 2.64. The second-order valence-corrected chi connectivity index (χ2v) is 9.44. The summed E-state index contributed by atoms with van der Waals surface area (Å²) < 4.78 is 5.28. The van der Waals surface area contributed by atoms with Gasteiger partial charge < -0.3 is 4.74 Å². The zero-order valence-electron chi connectivity index (χ0n) is 8.41. The first kappa shape index (κ1) is 10.6. The predicted molar refractivity (Wildman–Crippen MR) is 52.0 cm³/mol. The Labute approximate surface area is 71.2 Å². The van der Waals surface area contributed by atoms with Gasteiger partial charge in [-0.3, -0.25) is 0 Å². The SMILES string of the molecule is CC(C)(C)OC#C[Si](C)(C)C. The van der Waals surface area contributed by atoms with Crippen molar-refractivity contribution in [1.82, 2.24) is 0 Å². The van der Waals surface area contributed by atoms with Crippen LogP contribution in [0.15, 0.2) is 0 Å². The Morgan fingerprint density at radius 3 is 1.82 bits per heavy atom. The van der Waals surface area contributed by atoms with E-state index in [1.165, 1.54) is 0 Å². The van der Waals surface area contributed by atoms with Gasteiger partial charge in [-0.15, -0.1) is 0 Å². The van der Waals surface area contributed by atoms with Crippen molar-refractivity contribution in [1.29, 1.82) is 0 Å². The molecule has 0 radical (unpaired) electrons. The van der Waals surface area contributed by atoms with Crippen LogP contribution in [0.1, 0.15) is 20.8 Å². The molecule has 0 spiro atoms. The first-order valence-corrected chi connectivity index (χ1v) is 7.41. The van der Waals surface area contributed by atoms with Crippen molar-refractivity contribution in [3.63, 3.8) is 0 Å². The van der Waals surface area contributed by atoms with E-state index in [-0.39, 0.29) is 5.60 Å². The largest absolute Gasteiger partial charge is 0.441 e. The second kappa shape index (κ2) is 3.32. The number of hydrogen-bond acceptors (Lipinski definition) is 1. The van der Waals surface area contributed by atoms with Gasteiger partial charge in [0.2, 0.25) is 0 Å². The maximum atomic E-state index is 5.28. The molecule has 0 saturated carbocycles. The third kappa shape index (κ3) is 9.58. The monoisotopic (exact) mass is 170 g/mol. The first-order chi connectivity index (χ1) is 4.71. The highest BCUT2D eigenvalue weighted by molar-refractivity contribution is 6.83. The van der Waals surface area contributed by atoms with Crippen LogP contribution in [0, 0.1) is 11.7 Å². The Hall–Kier alpha value is -0.423. The molecule has 1 nitrogen and oxygen atoms in total. The van der Waals surface area contributed by atoms with Crippen molar-refractivity contribution in [2.75, 3.05) is 0 Å². The molecule has 0 unspecified atom stereocenters. The van der Waals surface area contributed by atoms with Crippen LogP contribution < -0.4 is 0 Å². The number of rotatable bonds is 0. The van der Waals surface area contributed by atoms with E-state index in [0.717, 1.165) is 0 Å². The fourth-order valence-electron chi connectivity index (χ4n) is 0.332. The first-order valence-electron chi connectivity index (χ1n) is 3.91. The van der Waals surface area contributed by atoms with E-state index >= 15 is 0 Å².